The van der Waals surface area contributed by atoms with Crippen molar-refractivity contribution in [1.82, 2.24) is 4.98 Å². The van der Waals surface area contributed by atoms with Crippen LogP contribution in [0.2, 0.25) is 0 Å². The summed E-state index contributed by atoms with van der Waals surface area (Å²) in [4.78, 5) is 13.7. The second-order valence-corrected chi connectivity index (χ2v) is 2.54. The average Bonchev–Trinajstić information content (AvgIpc) is 2.46. The molecule has 4 nitrogen and oxygen atoms in total. The Morgan fingerprint density at radius 3 is 2.71 bits per heavy atom. The first-order valence-corrected chi connectivity index (χ1v) is 3.62. The van der Waals surface area contributed by atoms with Gasteiger partial charge in [0.05, 0.1) is 6.42 Å². The molecule has 0 aliphatic rings. The lowest BCUT2D eigenvalue weighted by atomic mass is 10.2. The molecular weight excluding hydrogens is 203 g/mol. The number of alkyl halides is 3. The van der Waals surface area contributed by atoms with Crippen LogP contribution >= 0.6 is 0 Å². The smallest absolute Gasteiger partial charge is 0.389 e. The first-order chi connectivity index (χ1) is 6.40. The van der Waals surface area contributed by atoms with Gasteiger partial charge in [0.2, 0.25) is 0 Å². The molecule has 1 heterocycles. The molecule has 78 valence electrons. The molecule has 0 saturated heterocycles. The van der Waals surface area contributed by atoms with Crippen LogP contribution in [0, 0.1) is 0 Å². The lowest BCUT2D eigenvalue weighted by molar-refractivity contribution is -0.134. The maximum atomic E-state index is 11.8. The van der Waals surface area contributed by atoms with Crippen LogP contribution in [0.5, 0.6) is 0 Å². The number of aryl methyl sites for hydroxylation is 1. The number of oxazole rings is 1. The summed E-state index contributed by atoms with van der Waals surface area (Å²) in [5, 5.41) is 8.48. The van der Waals surface area contributed by atoms with Gasteiger partial charge < -0.3 is 9.52 Å². The van der Waals surface area contributed by atoms with E-state index in [9.17, 15) is 18.0 Å². The Balaban J connectivity index is 2.68. The van der Waals surface area contributed by atoms with Crippen LogP contribution in [-0.4, -0.2) is 22.2 Å². The molecule has 0 radical (unpaired) electrons. The molecule has 0 saturated carbocycles. The van der Waals surface area contributed by atoms with Gasteiger partial charge in [-0.1, -0.05) is 0 Å². The van der Waals surface area contributed by atoms with E-state index in [1.807, 2.05) is 0 Å². The highest BCUT2D eigenvalue weighted by Crippen LogP contribution is 2.23. The topological polar surface area (TPSA) is 63.3 Å². The molecule has 0 aromatic carbocycles. The van der Waals surface area contributed by atoms with Crippen LogP contribution in [0.15, 0.2) is 10.8 Å². The third-order valence-electron chi connectivity index (χ3n) is 1.48. The zero-order valence-electron chi connectivity index (χ0n) is 6.84. The Bertz CT molecular complexity index is 331. The van der Waals surface area contributed by atoms with Crippen molar-refractivity contribution >= 4 is 5.97 Å². The molecule has 1 aromatic heterocycles. The van der Waals surface area contributed by atoms with Gasteiger partial charge in [0.1, 0.15) is 5.76 Å². The molecule has 0 aliphatic heterocycles. The second kappa shape index (κ2) is 3.69. The van der Waals surface area contributed by atoms with E-state index in [4.69, 9.17) is 5.11 Å². The van der Waals surface area contributed by atoms with E-state index in [0.717, 1.165) is 6.39 Å². The maximum absolute atomic E-state index is 11.8. The molecule has 1 aromatic rings. The van der Waals surface area contributed by atoms with Gasteiger partial charge in [0.25, 0.3) is 0 Å². The quantitative estimate of drug-likeness (QED) is 0.825. The number of rotatable bonds is 3. The van der Waals surface area contributed by atoms with Crippen LogP contribution in [0.3, 0.4) is 0 Å². The van der Waals surface area contributed by atoms with Crippen LogP contribution in [0.4, 0.5) is 13.2 Å². The molecule has 0 unspecified atom stereocenters. The summed E-state index contributed by atoms with van der Waals surface area (Å²) in [5.74, 6) is -1.65. The lowest BCUT2D eigenvalue weighted by Crippen LogP contribution is -2.10. The monoisotopic (exact) mass is 209 g/mol. The van der Waals surface area contributed by atoms with E-state index < -0.39 is 30.7 Å². The van der Waals surface area contributed by atoms with Gasteiger partial charge in [-0.25, -0.2) is 9.78 Å². The third kappa shape index (κ3) is 2.75. The van der Waals surface area contributed by atoms with Crippen molar-refractivity contribution in [3.05, 3.63) is 17.8 Å². The predicted molar refractivity (Wildman–Crippen MR) is 37.8 cm³/mol. The summed E-state index contributed by atoms with van der Waals surface area (Å²) in [6.45, 7) is 0. The van der Waals surface area contributed by atoms with Crippen molar-refractivity contribution < 1.29 is 27.5 Å². The number of aromatic nitrogens is 1. The summed E-state index contributed by atoms with van der Waals surface area (Å²) >= 11 is 0. The minimum atomic E-state index is -4.33. The zero-order chi connectivity index (χ0) is 10.8. The van der Waals surface area contributed by atoms with Gasteiger partial charge in [-0.15, -0.1) is 0 Å². The fraction of sp³-hybridized carbons (Fsp3) is 0.429. The molecule has 0 bridgehead atoms. The third-order valence-corrected chi connectivity index (χ3v) is 1.48. The lowest BCUT2D eigenvalue weighted by Gasteiger charge is -2.03. The standard InChI is InChI=1S/C7H6F3NO3/c8-7(9,10)2-1-4-5(6(12)13)11-3-14-4/h3H,1-2H2,(H,12,13). The molecule has 0 fully saturated rings. The first kappa shape index (κ1) is 10.6. The van der Waals surface area contributed by atoms with Crippen LogP contribution < -0.4 is 0 Å². The SMILES string of the molecule is O=C(O)c1ncoc1CCC(F)(F)F. The van der Waals surface area contributed by atoms with Crippen LogP contribution in [-0.2, 0) is 6.42 Å². The number of nitrogens with zero attached hydrogens (tertiary/aromatic N) is 1. The summed E-state index contributed by atoms with van der Waals surface area (Å²) < 4.78 is 39.8. The Morgan fingerprint density at radius 2 is 2.21 bits per heavy atom. The average molecular weight is 209 g/mol. The van der Waals surface area contributed by atoms with Crippen molar-refractivity contribution in [3.8, 4) is 0 Å². The number of aromatic carboxylic acids is 1. The van der Waals surface area contributed by atoms with E-state index >= 15 is 0 Å². The van der Waals surface area contributed by atoms with Gasteiger partial charge >= 0.3 is 12.1 Å². The molecule has 1 N–H and O–H groups in total. The van der Waals surface area contributed by atoms with E-state index in [2.05, 4.69) is 9.40 Å². The minimum Gasteiger partial charge on any atom is -0.476 e. The Labute approximate surface area is 76.4 Å². The van der Waals surface area contributed by atoms with Crippen molar-refractivity contribution in [3.63, 3.8) is 0 Å². The number of halogens is 3. The highest BCUT2D eigenvalue weighted by Gasteiger charge is 2.28. The highest BCUT2D eigenvalue weighted by molar-refractivity contribution is 5.86. The van der Waals surface area contributed by atoms with Crippen LogP contribution in [0.1, 0.15) is 22.7 Å². The van der Waals surface area contributed by atoms with E-state index in [1.165, 1.54) is 0 Å². The van der Waals surface area contributed by atoms with Crippen molar-refractivity contribution in [1.29, 1.82) is 0 Å². The largest absolute Gasteiger partial charge is 0.476 e. The Hall–Kier alpha value is -1.53. The number of carbonyl (C=O) groups is 1. The van der Waals surface area contributed by atoms with Gasteiger partial charge in [0, 0.05) is 6.42 Å². The highest BCUT2D eigenvalue weighted by atomic mass is 19.4. The second-order valence-electron chi connectivity index (χ2n) is 2.54. The first-order valence-electron chi connectivity index (χ1n) is 3.62. The fourth-order valence-corrected chi connectivity index (χ4v) is 0.878. The normalized spacial score (nSPS) is 11.6. The summed E-state index contributed by atoms with van der Waals surface area (Å²) in [6.07, 6.45) is -5.15. The summed E-state index contributed by atoms with van der Waals surface area (Å²) in [5.41, 5.74) is -0.464. The van der Waals surface area contributed by atoms with Crippen molar-refractivity contribution in [2.24, 2.45) is 0 Å². The number of carboxylic acid groups (broad SMARTS) is 1. The molecule has 0 spiro atoms. The van der Waals surface area contributed by atoms with Gasteiger partial charge in [-0.3, -0.25) is 0 Å². The van der Waals surface area contributed by atoms with Gasteiger partial charge in [0.15, 0.2) is 12.1 Å². The zero-order valence-corrected chi connectivity index (χ0v) is 6.84. The summed E-state index contributed by atoms with van der Waals surface area (Å²) in [7, 11) is 0. The Morgan fingerprint density at radius 1 is 1.57 bits per heavy atom. The number of carboxylic acids is 1. The predicted octanol–water partition coefficient (Wildman–Crippen LogP) is 1.87. The van der Waals surface area contributed by atoms with Crippen LogP contribution in [0.25, 0.3) is 0 Å². The minimum absolute atomic E-state index is 0.255. The number of hydrogen-bond acceptors (Lipinski definition) is 3. The number of hydrogen-bond donors (Lipinski definition) is 1. The molecule has 1 rings (SSSR count). The van der Waals surface area contributed by atoms with E-state index in [1.54, 1.807) is 0 Å². The van der Waals surface area contributed by atoms with Crippen molar-refractivity contribution in [2.45, 2.75) is 19.0 Å². The van der Waals surface area contributed by atoms with E-state index in [0.29, 0.717) is 0 Å². The molecule has 14 heavy (non-hydrogen) atoms. The van der Waals surface area contributed by atoms with Gasteiger partial charge in [-0.2, -0.15) is 13.2 Å². The Kier molecular flexibility index (Phi) is 2.78. The van der Waals surface area contributed by atoms with E-state index in [-0.39, 0.29) is 5.76 Å². The molecule has 0 aliphatic carbocycles. The maximum Gasteiger partial charge on any atom is 0.389 e. The molecular formula is C7H6F3NO3. The molecule has 0 amide bonds. The fourth-order valence-electron chi connectivity index (χ4n) is 0.878. The van der Waals surface area contributed by atoms with Crippen molar-refractivity contribution in [2.75, 3.05) is 0 Å². The molecule has 7 heteroatoms. The van der Waals surface area contributed by atoms with Gasteiger partial charge in [-0.05, 0) is 0 Å². The molecule has 0 atom stereocenters. The summed E-state index contributed by atoms with van der Waals surface area (Å²) in [6, 6.07) is 0.